The molecule has 122 valence electrons. The van der Waals surface area contributed by atoms with Crippen LogP contribution in [-0.2, 0) is 0 Å². The molecule has 0 bridgehead atoms. The first-order chi connectivity index (χ1) is 11.5. The third-order valence-corrected chi connectivity index (χ3v) is 4.69. The Balaban J connectivity index is 1.95. The molecule has 0 spiro atoms. The smallest absolute Gasteiger partial charge is 0.349 e. The summed E-state index contributed by atoms with van der Waals surface area (Å²) in [6.07, 6.45) is 0. The third-order valence-electron chi connectivity index (χ3n) is 3.64. The van der Waals surface area contributed by atoms with Gasteiger partial charge in [0, 0.05) is 9.86 Å². The number of carbonyl (C=O) groups excluding carboxylic acids is 1. The van der Waals surface area contributed by atoms with Crippen molar-refractivity contribution >= 4 is 48.7 Å². The second-order valence-electron chi connectivity index (χ2n) is 5.36. The van der Waals surface area contributed by atoms with Crippen molar-refractivity contribution in [3.63, 3.8) is 0 Å². The number of benzene rings is 2. The summed E-state index contributed by atoms with van der Waals surface area (Å²) in [5.74, 6) is -0.460. The lowest BCUT2D eigenvalue weighted by atomic mass is 10.1. The van der Waals surface area contributed by atoms with Gasteiger partial charge in [-0.15, -0.1) is 0 Å². The number of fused-ring (bicyclic) bond motifs is 1. The summed E-state index contributed by atoms with van der Waals surface area (Å²) < 4.78 is 6.77. The van der Waals surface area contributed by atoms with Gasteiger partial charge in [0.05, 0.1) is 10.5 Å². The normalized spacial score (nSPS) is 12.1. The molecule has 1 N–H and O–H groups in total. The van der Waals surface area contributed by atoms with Crippen molar-refractivity contribution in [1.29, 1.82) is 0 Å². The molecule has 6 heteroatoms. The van der Waals surface area contributed by atoms with E-state index in [4.69, 9.17) is 4.42 Å². The molecule has 4 nitrogen and oxygen atoms in total. The van der Waals surface area contributed by atoms with Crippen LogP contribution in [0, 0.1) is 0 Å². The number of rotatable bonds is 3. The fraction of sp³-hybridized carbons (Fsp3) is 0.111. The zero-order valence-corrected chi connectivity index (χ0v) is 15.8. The van der Waals surface area contributed by atoms with Gasteiger partial charge in [0.1, 0.15) is 5.56 Å². The predicted octanol–water partition coefficient (Wildman–Crippen LogP) is 4.81. The maximum absolute atomic E-state index is 12.5. The summed E-state index contributed by atoms with van der Waals surface area (Å²) in [4.78, 5) is 24.6. The minimum atomic E-state index is -0.664. The van der Waals surface area contributed by atoms with Crippen LogP contribution in [0.4, 0.5) is 0 Å². The molecule has 1 heterocycles. The summed E-state index contributed by atoms with van der Waals surface area (Å²) in [7, 11) is 0. The Morgan fingerprint density at radius 2 is 1.83 bits per heavy atom. The van der Waals surface area contributed by atoms with E-state index in [-0.39, 0.29) is 11.6 Å². The largest absolute Gasteiger partial charge is 0.421 e. The Morgan fingerprint density at radius 3 is 2.54 bits per heavy atom. The van der Waals surface area contributed by atoms with Gasteiger partial charge in [-0.05, 0) is 46.6 Å². The zero-order valence-electron chi connectivity index (χ0n) is 12.7. The minimum Gasteiger partial charge on any atom is -0.421 e. The highest BCUT2D eigenvalue weighted by atomic mass is 79.9. The summed E-state index contributed by atoms with van der Waals surface area (Å²) in [5, 5.41) is 3.49. The Labute approximate surface area is 155 Å². The van der Waals surface area contributed by atoms with Crippen molar-refractivity contribution in [1.82, 2.24) is 5.32 Å². The predicted molar refractivity (Wildman–Crippen MR) is 100 cm³/mol. The highest BCUT2D eigenvalue weighted by Gasteiger charge is 2.17. The first kappa shape index (κ1) is 16.9. The Hall–Kier alpha value is -1.92. The van der Waals surface area contributed by atoms with E-state index < -0.39 is 11.5 Å². The summed E-state index contributed by atoms with van der Waals surface area (Å²) in [6.45, 7) is 1.86. The molecule has 0 unspecified atom stereocenters. The highest BCUT2D eigenvalue weighted by Crippen LogP contribution is 2.28. The minimum absolute atomic E-state index is 0.0183. The lowest BCUT2D eigenvalue weighted by molar-refractivity contribution is 0.0936. The molecule has 0 aliphatic heterocycles. The fourth-order valence-corrected chi connectivity index (χ4v) is 3.75. The Morgan fingerprint density at radius 1 is 1.12 bits per heavy atom. The Kier molecular flexibility index (Phi) is 4.87. The monoisotopic (exact) mass is 449 g/mol. The van der Waals surface area contributed by atoms with E-state index in [0.29, 0.717) is 15.4 Å². The molecule has 0 saturated heterocycles. The second-order valence-corrected chi connectivity index (χ2v) is 7.13. The standard InChI is InChI=1S/C18H13Br2NO3/c1-10(11-5-3-2-4-6-11)21-17(22)14-8-12-7-13(19)9-15(20)16(12)24-18(14)23/h2-10H,1H3,(H,21,22)/t10-/m1/s1. The summed E-state index contributed by atoms with van der Waals surface area (Å²) >= 11 is 6.74. The molecule has 24 heavy (non-hydrogen) atoms. The van der Waals surface area contributed by atoms with E-state index in [0.717, 1.165) is 10.0 Å². The molecule has 3 aromatic rings. The Bertz CT molecular complexity index is 967. The molecule has 3 rings (SSSR count). The van der Waals surface area contributed by atoms with Gasteiger partial charge in [-0.2, -0.15) is 0 Å². The molecule has 0 saturated carbocycles. The van der Waals surface area contributed by atoms with Crippen LogP contribution in [0.5, 0.6) is 0 Å². The van der Waals surface area contributed by atoms with E-state index in [9.17, 15) is 9.59 Å². The SMILES string of the molecule is C[C@@H](NC(=O)c1cc2cc(Br)cc(Br)c2oc1=O)c1ccccc1. The number of carbonyl (C=O) groups is 1. The van der Waals surface area contributed by atoms with Crippen molar-refractivity contribution < 1.29 is 9.21 Å². The van der Waals surface area contributed by atoms with E-state index in [1.165, 1.54) is 0 Å². The lowest BCUT2D eigenvalue weighted by Crippen LogP contribution is -2.30. The summed E-state index contributed by atoms with van der Waals surface area (Å²) in [6, 6.07) is 14.4. The topological polar surface area (TPSA) is 59.3 Å². The van der Waals surface area contributed by atoms with Crippen LogP contribution >= 0.6 is 31.9 Å². The highest BCUT2D eigenvalue weighted by molar-refractivity contribution is 9.11. The molecular formula is C18H13Br2NO3. The van der Waals surface area contributed by atoms with Gasteiger partial charge in [-0.3, -0.25) is 4.79 Å². The average Bonchev–Trinajstić information content (AvgIpc) is 2.55. The van der Waals surface area contributed by atoms with Crippen LogP contribution in [0.3, 0.4) is 0 Å². The van der Waals surface area contributed by atoms with E-state index in [1.807, 2.05) is 37.3 Å². The maximum Gasteiger partial charge on any atom is 0.349 e. The van der Waals surface area contributed by atoms with E-state index >= 15 is 0 Å². The van der Waals surface area contributed by atoms with Crippen LogP contribution in [-0.4, -0.2) is 5.91 Å². The van der Waals surface area contributed by atoms with Gasteiger partial charge < -0.3 is 9.73 Å². The van der Waals surface area contributed by atoms with Gasteiger partial charge >= 0.3 is 5.63 Å². The second kappa shape index (κ2) is 6.91. The molecule has 0 aliphatic carbocycles. The molecule has 0 aliphatic rings. The van der Waals surface area contributed by atoms with Crippen LogP contribution < -0.4 is 10.9 Å². The number of hydrogen-bond acceptors (Lipinski definition) is 3. The number of halogens is 2. The molecule has 1 atom stereocenters. The molecule has 2 aromatic carbocycles. The van der Waals surface area contributed by atoms with E-state index in [1.54, 1.807) is 18.2 Å². The molecule has 0 radical (unpaired) electrons. The number of amides is 1. The molecule has 1 amide bonds. The number of nitrogens with one attached hydrogen (secondary N) is 1. The van der Waals surface area contributed by atoms with Crippen molar-refractivity contribution in [2.45, 2.75) is 13.0 Å². The zero-order chi connectivity index (χ0) is 17.3. The molecular weight excluding hydrogens is 438 g/mol. The van der Waals surface area contributed by atoms with Crippen molar-refractivity contribution in [3.05, 3.63) is 79.0 Å². The van der Waals surface area contributed by atoms with E-state index in [2.05, 4.69) is 37.2 Å². The van der Waals surface area contributed by atoms with Gasteiger partial charge in [-0.25, -0.2) is 4.79 Å². The van der Waals surface area contributed by atoms with Gasteiger partial charge in [0.2, 0.25) is 0 Å². The molecule has 0 fully saturated rings. The quantitative estimate of drug-likeness (QED) is 0.582. The first-order valence-electron chi connectivity index (χ1n) is 7.24. The van der Waals surface area contributed by atoms with Crippen LogP contribution in [0.25, 0.3) is 11.0 Å². The van der Waals surface area contributed by atoms with Gasteiger partial charge in [-0.1, -0.05) is 46.3 Å². The average molecular weight is 451 g/mol. The summed E-state index contributed by atoms with van der Waals surface area (Å²) in [5.41, 5.74) is 0.691. The molecule has 1 aromatic heterocycles. The van der Waals surface area contributed by atoms with Gasteiger partial charge in [0.25, 0.3) is 5.91 Å². The van der Waals surface area contributed by atoms with Gasteiger partial charge in [0.15, 0.2) is 5.58 Å². The number of hydrogen-bond donors (Lipinski definition) is 1. The fourth-order valence-electron chi connectivity index (χ4n) is 2.41. The first-order valence-corrected chi connectivity index (χ1v) is 8.83. The van der Waals surface area contributed by atoms with Crippen LogP contribution in [0.2, 0.25) is 0 Å². The van der Waals surface area contributed by atoms with Crippen molar-refractivity contribution in [3.8, 4) is 0 Å². The third kappa shape index (κ3) is 3.44. The van der Waals surface area contributed by atoms with Crippen molar-refractivity contribution in [2.24, 2.45) is 0 Å². The lowest BCUT2D eigenvalue weighted by Gasteiger charge is -2.14. The van der Waals surface area contributed by atoms with Crippen molar-refractivity contribution in [2.75, 3.05) is 0 Å². The van der Waals surface area contributed by atoms with Crippen LogP contribution in [0.15, 0.2) is 66.7 Å². The van der Waals surface area contributed by atoms with Crippen LogP contribution in [0.1, 0.15) is 28.9 Å². The maximum atomic E-state index is 12.5.